The molecule has 1 aliphatic rings. The highest BCUT2D eigenvalue weighted by atomic mass is 32.2. The Labute approximate surface area is 170 Å². The van der Waals surface area contributed by atoms with E-state index in [0.29, 0.717) is 31.9 Å². The maximum Gasteiger partial charge on any atom is 0.243 e. The van der Waals surface area contributed by atoms with E-state index in [1.54, 1.807) is 29.2 Å². The minimum absolute atomic E-state index is 0.106. The molecular weight excluding hydrogens is 397 g/mol. The molecule has 0 N–H and O–H groups in total. The third kappa shape index (κ3) is 4.86. The van der Waals surface area contributed by atoms with Crippen LogP contribution in [0, 0.1) is 5.82 Å². The summed E-state index contributed by atoms with van der Waals surface area (Å²) in [7, 11) is -0.872. The summed E-state index contributed by atoms with van der Waals surface area (Å²) in [4.78, 5) is 16.4. The molecular formula is C20H24FN3O4S. The van der Waals surface area contributed by atoms with Crippen molar-refractivity contribution in [2.45, 2.75) is 4.90 Å². The molecule has 0 radical (unpaired) electrons. The second kappa shape index (κ2) is 8.79. The Kier molecular flexibility index (Phi) is 6.39. The SMILES string of the molecule is COc1ccc(S(=O)(=O)N(C)CC(=O)N2CCN(c3ccc(F)cc3)CC2)cc1. The molecule has 0 atom stereocenters. The number of methoxy groups -OCH3 is 1. The van der Waals surface area contributed by atoms with Crippen LogP contribution in [0.25, 0.3) is 0 Å². The number of nitrogens with zero attached hydrogens (tertiary/aromatic N) is 3. The largest absolute Gasteiger partial charge is 0.497 e. The van der Waals surface area contributed by atoms with Gasteiger partial charge in [-0.1, -0.05) is 0 Å². The molecule has 156 valence electrons. The highest BCUT2D eigenvalue weighted by Gasteiger charge is 2.27. The van der Waals surface area contributed by atoms with Gasteiger partial charge in [-0.2, -0.15) is 4.31 Å². The van der Waals surface area contributed by atoms with Gasteiger partial charge in [0.15, 0.2) is 0 Å². The third-order valence-corrected chi connectivity index (χ3v) is 6.77. The molecule has 0 aromatic heterocycles. The monoisotopic (exact) mass is 421 g/mol. The van der Waals surface area contributed by atoms with Gasteiger partial charge in [-0.15, -0.1) is 0 Å². The summed E-state index contributed by atoms with van der Waals surface area (Å²) < 4.78 is 44.5. The molecule has 1 aliphatic heterocycles. The number of amides is 1. The van der Waals surface area contributed by atoms with Crippen LogP contribution in [0.1, 0.15) is 0 Å². The van der Waals surface area contributed by atoms with Crippen molar-refractivity contribution in [3.63, 3.8) is 0 Å². The van der Waals surface area contributed by atoms with Crippen molar-refractivity contribution in [2.24, 2.45) is 0 Å². The van der Waals surface area contributed by atoms with Crippen molar-refractivity contribution in [3.05, 3.63) is 54.3 Å². The van der Waals surface area contributed by atoms with E-state index in [1.165, 1.54) is 38.4 Å². The molecule has 1 saturated heterocycles. The average molecular weight is 421 g/mol. The number of sulfonamides is 1. The molecule has 1 amide bonds. The number of piperazine rings is 1. The first-order valence-electron chi connectivity index (χ1n) is 9.20. The van der Waals surface area contributed by atoms with Crippen molar-refractivity contribution >= 4 is 21.6 Å². The highest BCUT2D eigenvalue weighted by molar-refractivity contribution is 7.89. The third-order valence-electron chi connectivity index (χ3n) is 4.95. The summed E-state index contributed by atoms with van der Waals surface area (Å²) in [6.07, 6.45) is 0. The number of carbonyl (C=O) groups excluding carboxylic acids is 1. The van der Waals surface area contributed by atoms with Gasteiger partial charge in [-0.25, -0.2) is 12.8 Å². The van der Waals surface area contributed by atoms with Crippen LogP contribution < -0.4 is 9.64 Å². The molecule has 29 heavy (non-hydrogen) atoms. The Bertz CT molecular complexity index is 941. The number of hydrogen-bond acceptors (Lipinski definition) is 5. The van der Waals surface area contributed by atoms with E-state index >= 15 is 0 Å². The van der Waals surface area contributed by atoms with Gasteiger partial charge < -0.3 is 14.5 Å². The van der Waals surface area contributed by atoms with Crippen LogP contribution in [0.5, 0.6) is 5.75 Å². The smallest absolute Gasteiger partial charge is 0.243 e. The summed E-state index contributed by atoms with van der Waals surface area (Å²) in [6.45, 7) is 1.93. The zero-order valence-electron chi connectivity index (χ0n) is 16.4. The van der Waals surface area contributed by atoms with Gasteiger partial charge in [-0.3, -0.25) is 4.79 Å². The summed E-state index contributed by atoms with van der Waals surface area (Å²) in [5, 5.41) is 0. The number of likely N-dealkylation sites (N-methyl/N-ethyl adjacent to an activating group) is 1. The molecule has 0 aliphatic carbocycles. The van der Waals surface area contributed by atoms with Crippen molar-refractivity contribution in [1.82, 2.24) is 9.21 Å². The van der Waals surface area contributed by atoms with Crippen LogP contribution in [-0.2, 0) is 14.8 Å². The number of hydrogen-bond donors (Lipinski definition) is 0. The number of ether oxygens (including phenoxy) is 1. The van der Waals surface area contributed by atoms with Crippen molar-refractivity contribution in [2.75, 3.05) is 51.8 Å². The fraction of sp³-hybridized carbons (Fsp3) is 0.350. The van der Waals surface area contributed by atoms with Crippen molar-refractivity contribution in [1.29, 1.82) is 0 Å². The van der Waals surface area contributed by atoms with E-state index in [-0.39, 0.29) is 23.2 Å². The minimum atomic E-state index is -3.77. The van der Waals surface area contributed by atoms with Crippen molar-refractivity contribution < 1.29 is 22.3 Å². The topological polar surface area (TPSA) is 70.2 Å². The Balaban J connectivity index is 1.57. The standard InChI is InChI=1S/C20H24FN3O4S/c1-22(29(26,27)19-9-7-18(28-2)8-10-19)15-20(25)24-13-11-23(12-14-24)17-5-3-16(21)4-6-17/h3-10H,11-15H2,1-2H3. The molecule has 7 nitrogen and oxygen atoms in total. The number of rotatable bonds is 6. The highest BCUT2D eigenvalue weighted by Crippen LogP contribution is 2.20. The molecule has 1 heterocycles. The summed E-state index contributed by atoms with van der Waals surface area (Å²) in [5.74, 6) is 0.0220. The molecule has 0 bridgehead atoms. The normalized spacial score (nSPS) is 14.9. The molecule has 3 rings (SSSR count). The number of halogens is 1. The summed E-state index contributed by atoms with van der Waals surface area (Å²) in [6, 6.07) is 12.3. The van der Waals surface area contributed by atoms with Crippen molar-refractivity contribution in [3.8, 4) is 5.75 Å². The lowest BCUT2D eigenvalue weighted by Crippen LogP contribution is -2.51. The average Bonchev–Trinajstić information content (AvgIpc) is 2.74. The van der Waals surface area contributed by atoms with Crippen LogP contribution in [-0.4, -0.2) is 70.4 Å². The molecule has 0 saturated carbocycles. The van der Waals surface area contributed by atoms with Crippen LogP contribution >= 0.6 is 0 Å². The quantitative estimate of drug-likeness (QED) is 0.712. The second-order valence-electron chi connectivity index (χ2n) is 6.78. The fourth-order valence-electron chi connectivity index (χ4n) is 3.17. The lowest BCUT2D eigenvalue weighted by atomic mass is 10.2. The predicted molar refractivity (Wildman–Crippen MR) is 108 cm³/mol. The molecule has 1 fully saturated rings. The Morgan fingerprint density at radius 3 is 2.17 bits per heavy atom. The Hall–Kier alpha value is -2.65. The maximum atomic E-state index is 13.1. The summed E-state index contributed by atoms with van der Waals surface area (Å²) in [5.41, 5.74) is 0.901. The molecule has 2 aromatic carbocycles. The van der Waals surface area contributed by atoms with Gasteiger partial charge in [0, 0.05) is 38.9 Å². The number of benzene rings is 2. The van der Waals surface area contributed by atoms with E-state index in [4.69, 9.17) is 4.74 Å². The minimum Gasteiger partial charge on any atom is -0.497 e. The van der Waals surface area contributed by atoms with Gasteiger partial charge in [0.25, 0.3) is 0 Å². The lowest BCUT2D eigenvalue weighted by Gasteiger charge is -2.36. The van der Waals surface area contributed by atoms with E-state index in [9.17, 15) is 17.6 Å². The second-order valence-corrected chi connectivity index (χ2v) is 8.83. The number of carbonyl (C=O) groups is 1. The fourth-order valence-corrected chi connectivity index (χ4v) is 4.29. The Morgan fingerprint density at radius 1 is 1.03 bits per heavy atom. The van der Waals surface area contributed by atoms with E-state index in [2.05, 4.69) is 4.90 Å². The van der Waals surface area contributed by atoms with Gasteiger partial charge in [0.1, 0.15) is 11.6 Å². The van der Waals surface area contributed by atoms with Gasteiger partial charge in [0.05, 0.1) is 18.6 Å². The zero-order chi connectivity index (χ0) is 21.0. The molecule has 0 unspecified atom stereocenters. The Morgan fingerprint density at radius 2 is 1.62 bits per heavy atom. The molecule has 0 spiro atoms. The van der Waals surface area contributed by atoms with Crippen LogP contribution in [0.15, 0.2) is 53.4 Å². The molecule has 9 heteroatoms. The van der Waals surface area contributed by atoms with Gasteiger partial charge in [-0.05, 0) is 48.5 Å². The van der Waals surface area contributed by atoms with E-state index < -0.39 is 10.0 Å². The number of anilines is 1. The van der Waals surface area contributed by atoms with Crippen LogP contribution in [0.4, 0.5) is 10.1 Å². The van der Waals surface area contributed by atoms with Gasteiger partial charge >= 0.3 is 0 Å². The summed E-state index contributed by atoms with van der Waals surface area (Å²) >= 11 is 0. The molecule has 2 aromatic rings. The van der Waals surface area contributed by atoms with E-state index in [1.807, 2.05) is 0 Å². The first kappa shape index (κ1) is 21.1. The first-order valence-corrected chi connectivity index (χ1v) is 10.6. The zero-order valence-corrected chi connectivity index (χ0v) is 17.2. The first-order chi connectivity index (χ1) is 13.8. The van der Waals surface area contributed by atoms with Crippen LogP contribution in [0.2, 0.25) is 0 Å². The van der Waals surface area contributed by atoms with E-state index in [0.717, 1.165) is 9.99 Å². The lowest BCUT2D eigenvalue weighted by molar-refractivity contribution is -0.131. The van der Waals surface area contributed by atoms with Crippen LogP contribution in [0.3, 0.4) is 0 Å². The predicted octanol–water partition coefficient (Wildman–Crippen LogP) is 1.80. The maximum absolute atomic E-state index is 13.1. The van der Waals surface area contributed by atoms with Gasteiger partial charge in [0.2, 0.25) is 15.9 Å².